The van der Waals surface area contributed by atoms with Crippen LogP contribution in [0.25, 0.3) is 22.0 Å². The van der Waals surface area contributed by atoms with Crippen LogP contribution in [0.5, 0.6) is 0 Å². The van der Waals surface area contributed by atoms with Gasteiger partial charge in [0.2, 0.25) is 0 Å². The summed E-state index contributed by atoms with van der Waals surface area (Å²) in [5, 5.41) is 7.13. The van der Waals surface area contributed by atoms with Gasteiger partial charge in [-0.3, -0.25) is 14.8 Å². The van der Waals surface area contributed by atoms with E-state index in [0.717, 1.165) is 16.5 Å². The second kappa shape index (κ2) is 7.81. The molecule has 5 nitrogen and oxygen atoms in total. The number of thiophene rings is 1. The number of hydrogen-bond donors (Lipinski definition) is 2. The Morgan fingerprint density at radius 3 is 2.68 bits per heavy atom. The number of fused-ring (bicyclic) bond motifs is 1. The van der Waals surface area contributed by atoms with Crippen LogP contribution in [0.2, 0.25) is 0 Å². The third-order valence-electron chi connectivity index (χ3n) is 3.90. The van der Waals surface area contributed by atoms with Crippen LogP contribution < -0.4 is 11.1 Å². The molecule has 3 N–H and O–H groups in total. The molecule has 0 aliphatic heterocycles. The predicted octanol–water partition coefficient (Wildman–Crippen LogP) is 4.13. The number of carbonyl (C=O) groups is 1. The molecule has 28 heavy (non-hydrogen) atoms. The smallest absolute Gasteiger partial charge is 0.395 e. The number of nitrogens with zero attached hydrogens (tertiary/aromatic N) is 2. The number of aromatic nitrogens is 1. The number of benzene rings is 1. The van der Waals surface area contributed by atoms with Crippen LogP contribution in [0.4, 0.5) is 13.2 Å². The number of amidine groups is 1. The molecule has 2 aromatic heterocycles. The minimum atomic E-state index is -4.70. The molecular formula is C19H15F3N4OS. The molecule has 0 unspecified atom stereocenters. The molecular weight excluding hydrogens is 389 g/mol. The van der Waals surface area contributed by atoms with Gasteiger partial charge in [0.1, 0.15) is 11.5 Å². The maximum atomic E-state index is 12.5. The lowest BCUT2D eigenvalue weighted by molar-refractivity contribution is -0.0925. The van der Waals surface area contributed by atoms with Crippen LogP contribution in [-0.4, -0.2) is 30.0 Å². The molecule has 0 saturated heterocycles. The Hall–Kier alpha value is -3.20. The van der Waals surface area contributed by atoms with E-state index >= 15 is 0 Å². The fourth-order valence-electron chi connectivity index (χ4n) is 2.42. The van der Waals surface area contributed by atoms with Crippen molar-refractivity contribution in [2.45, 2.75) is 6.18 Å². The zero-order valence-electron chi connectivity index (χ0n) is 14.6. The highest BCUT2D eigenvalue weighted by Crippen LogP contribution is 2.25. The molecule has 0 spiro atoms. The largest absolute Gasteiger partial charge is 0.430 e. The van der Waals surface area contributed by atoms with Gasteiger partial charge in [0.15, 0.2) is 0 Å². The normalized spacial score (nSPS) is 13.0. The standard InChI is InChI=1S/C19H15F3N4OS/c1-24-17(8-16(23)19(20,21)22)26-18(27)12-3-2-11-6-14(9-25-15(11)7-12)13-4-5-28-10-13/h2-10H,23H2,1H3,(H,24,26,27)/b16-8-. The highest BCUT2D eigenvalue weighted by molar-refractivity contribution is 7.08. The molecule has 144 valence electrons. The Morgan fingerprint density at radius 1 is 1.25 bits per heavy atom. The molecule has 0 saturated carbocycles. The van der Waals surface area contributed by atoms with Gasteiger partial charge < -0.3 is 11.1 Å². The van der Waals surface area contributed by atoms with E-state index in [-0.39, 0.29) is 11.4 Å². The number of hydrogen-bond acceptors (Lipinski definition) is 5. The summed E-state index contributed by atoms with van der Waals surface area (Å²) in [6.07, 6.45) is -2.42. The van der Waals surface area contributed by atoms with Gasteiger partial charge in [0, 0.05) is 35.8 Å². The quantitative estimate of drug-likeness (QED) is 0.509. The monoisotopic (exact) mass is 404 g/mol. The highest BCUT2D eigenvalue weighted by atomic mass is 32.1. The zero-order chi connectivity index (χ0) is 20.3. The molecule has 2 heterocycles. The first-order valence-corrected chi connectivity index (χ1v) is 8.97. The number of amides is 1. The molecule has 0 fully saturated rings. The van der Waals surface area contributed by atoms with Crippen LogP contribution in [-0.2, 0) is 0 Å². The number of carbonyl (C=O) groups excluding carboxylic acids is 1. The Balaban J connectivity index is 1.83. The van der Waals surface area contributed by atoms with E-state index in [4.69, 9.17) is 5.73 Å². The summed E-state index contributed by atoms with van der Waals surface area (Å²) < 4.78 is 37.6. The first-order chi connectivity index (χ1) is 13.3. The van der Waals surface area contributed by atoms with Gasteiger partial charge in [-0.15, -0.1) is 0 Å². The third kappa shape index (κ3) is 4.37. The third-order valence-corrected chi connectivity index (χ3v) is 4.59. The summed E-state index contributed by atoms with van der Waals surface area (Å²) in [7, 11) is 1.25. The van der Waals surface area contributed by atoms with E-state index in [1.807, 2.05) is 22.9 Å². The van der Waals surface area contributed by atoms with Gasteiger partial charge in [0.25, 0.3) is 5.91 Å². The number of allylic oxidation sites excluding steroid dienone is 1. The number of nitrogens with two attached hydrogens (primary N) is 1. The topological polar surface area (TPSA) is 80.4 Å². The first-order valence-electron chi connectivity index (χ1n) is 8.03. The number of aliphatic imine (C=N–C) groups is 1. The highest BCUT2D eigenvalue weighted by Gasteiger charge is 2.31. The second-order valence-corrected chi connectivity index (χ2v) is 6.58. The van der Waals surface area contributed by atoms with E-state index in [9.17, 15) is 18.0 Å². The van der Waals surface area contributed by atoms with E-state index < -0.39 is 17.8 Å². The van der Waals surface area contributed by atoms with Gasteiger partial charge in [-0.25, -0.2) is 0 Å². The number of pyridine rings is 1. The number of rotatable bonds is 3. The van der Waals surface area contributed by atoms with Crippen molar-refractivity contribution in [3.8, 4) is 11.1 Å². The molecule has 0 bridgehead atoms. The van der Waals surface area contributed by atoms with Crippen LogP contribution >= 0.6 is 11.3 Å². The van der Waals surface area contributed by atoms with E-state index in [0.29, 0.717) is 11.6 Å². The van der Waals surface area contributed by atoms with Crippen molar-refractivity contribution >= 4 is 34.0 Å². The predicted molar refractivity (Wildman–Crippen MR) is 104 cm³/mol. The van der Waals surface area contributed by atoms with Gasteiger partial charge in [-0.1, -0.05) is 6.07 Å². The summed E-state index contributed by atoms with van der Waals surface area (Å²) >= 11 is 1.58. The molecule has 0 radical (unpaired) electrons. The van der Waals surface area contributed by atoms with Crippen molar-refractivity contribution in [3.63, 3.8) is 0 Å². The van der Waals surface area contributed by atoms with E-state index in [2.05, 4.69) is 15.3 Å². The van der Waals surface area contributed by atoms with Gasteiger partial charge in [-0.05, 0) is 40.6 Å². The van der Waals surface area contributed by atoms with Crippen molar-refractivity contribution in [2.24, 2.45) is 10.7 Å². The van der Waals surface area contributed by atoms with Crippen LogP contribution in [0, 0.1) is 0 Å². The Kier molecular flexibility index (Phi) is 5.46. The van der Waals surface area contributed by atoms with Crippen LogP contribution in [0.1, 0.15) is 10.4 Å². The van der Waals surface area contributed by atoms with Crippen molar-refractivity contribution in [3.05, 3.63) is 64.6 Å². The zero-order valence-corrected chi connectivity index (χ0v) is 15.4. The van der Waals surface area contributed by atoms with E-state index in [1.165, 1.54) is 7.05 Å². The van der Waals surface area contributed by atoms with Gasteiger partial charge in [0.05, 0.1) is 5.52 Å². The number of alkyl halides is 3. The maximum absolute atomic E-state index is 12.5. The SMILES string of the molecule is CN=C(/C=C(\N)C(F)(F)F)NC(=O)c1ccc2cc(-c3ccsc3)cnc2c1. The molecule has 0 aliphatic carbocycles. The van der Waals surface area contributed by atoms with E-state index in [1.54, 1.807) is 35.7 Å². The minimum Gasteiger partial charge on any atom is -0.395 e. The lowest BCUT2D eigenvalue weighted by Gasteiger charge is -2.09. The fourth-order valence-corrected chi connectivity index (χ4v) is 3.09. The molecule has 9 heteroatoms. The molecule has 0 atom stereocenters. The summed E-state index contributed by atoms with van der Waals surface area (Å²) in [6.45, 7) is 0. The second-order valence-electron chi connectivity index (χ2n) is 5.80. The molecule has 3 rings (SSSR count). The van der Waals surface area contributed by atoms with Crippen molar-refractivity contribution in [1.82, 2.24) is 10.3 Å². The lowest BCUT2D eigenvalue weighted by Crippen LogP contribution is -2.31. The average molecular weight is 404 g/mol. The molecule has 0 aliphatic rings. The molecule has 1 aromatic carbocycles. The summed E-state index contributed by atoms with van der Waals surface area (Å²) in [5.41, 5.74) is 6.45. The number of halogens is 3. The summed E-state index contributed by atoms with van der Waals surface area (Å²) in [5.74, 6) is -0.905. The Morgan fingerprint density at radius 2 is 2.04 bits per heavy atom. The summed E-state index contributed by atoms with van der Waals surface area (Å²) in [6, 6.07) is 8.81. The lowest BCUT2D eigenvalue weighted by atomic mass is 10.1. The fraction of sp³-hybridized carbons (Fsp3) is 0.105. The average Bonchev–Trinajstić information content (AvgIpc) is 3.20. The minimum absolute atomic E-state index is 0.239. The molecule has 3 aromatic rings. The van der Waals surface area contributed by atoms with Gasteiger partial charge in [-0.2, -0.15) is 24.5 Å². The number of nitrogens with one attached hydrogen (secondary N) is 1. The van der Waals surface area contributed by atoms with Crippen LogP contribution in [0.15, 0.2) is 64.1 Å². The van der Waals surface area contributed by atoms with Crippen molar-refractivity contribution in [1.29, 1.82) is 0 Å². The Labute approximate surface area is 162 Å². The van der Waals surface area contributed by atoms with Crippen LogP contribution in [0.3, 0.4) is 0 Å². The van der Waals surface area contributed by atoms with Gasteiger partial charge >= 0.3 is 6.18 Å². The summed E-state index contributed by atoms with van der Waals surface area (Å²) in [4.78, 5) is 20.4. The maximum Gasteiger partial charge on any atom is 0.430 e. The first kappa shape index (κ1) is 19.6. The van der Waals surface area contributed by atoms with Crippen molar-refractivity contribution < 1.29 is 18.0 Å². The molecule has 1 amide bonds. The Bertz CT molecular complexity index is 1070. The van der Waals surface area contributed by atoms with Crippen molar-refractivity contribution in [2.75, 3.05) is 7.05 Å².